The molecular formula is C15H22N2O3. The van der Waals surface area contributed by atoms with E-state index in [9.17, 15) is 4.79 Å². The number of anilines is 1. The monoisotopic (exact) mass is 278 g/mol. The highest BCUT2D eigenvalue weighted by molar-refractivity contribution is 5.81. The maximum Gasteiger partial charge on any atom is 0.260 e. The fourth-order valence-electron chi connectivity index (χ4n) is 2.38. The average Bonchev–Trinajstić information content (AvgIpc) is 2.94. The van der Waals surface area contributed by atoms with E-state index in [1.165, 1.54) is 12.8 Å². The first kappa shape index (κ1) is 14.5. The van der Waals surface area contributed by atoms with E-state index in [-0.39, 0.29) is 11.9 Å². The van der Waals surface area contributed by atoms with E-state index in [1.54, 1.807) is 32.2 Å². The Balaban J connectivity index is 1.95. The van der Waals surface area contributed by atoms with Crippen LogP contribution in [0.5, 0.6) is 11.5 Å². The van der Waals surface area contributed by atoms with Crippen LogP contribution in [0.1, 0.15) is 32.6 Å². The summed E-state index contributed by atoms with van der Waals surface area (Å²) in [5, 5.41) is 3.01. The predicted octanol–water partition coefficient (Wildman–Crippen LogP) is 2.10. The quantitative estimate of drug-likeness (QED) is 0.809. The molecule has 20 heavy (non-hydrogen) atoms. The number of nitrogen functional groups attached to an aromatic ring is 1. The Morgan fingerprint density at radius 1 is 1.40 bits per heavy atom. The average molecular weight is 278 g/mol. The van der Waals surface area contributed by atoms with Crippen LogP contribution in [0, 0.1) is 0 Å². The summed E-state index contributed by atoms with van der Waals surface area (Å²) >= 11 is 0. The van der Waals surface area contributed by atoms with Gasteiger partial charge in [-0.05, 0) is 31.9 Å². The van der Waals surface area contributed by atoms with Crippen LogP contribution in [0.2, 0.25) is 0 Å². The second-order valence-electron chi connectivity index (χ2n) is 5.15. The summed E-state index contributed by atoms with van der Waals surface area (Å²) in [6, 6.07) is 5.44. The number of rotatable bonds is 5. The molecule has 0 spiro atoms. The SMILES string of the molecule is COc1ccc(N)c(OC(C)C(=O)NC2CCCC2)c1. The van der Waals surface area contributed by atoms with Gasteiger partial charge in [0.25, 0.3) is 5.91 Å². The topological polar surface area (TPSA) is 73.6 Å². The summed E-state index contributed by atoms with van der Waals surface area (Å²) in [6.45, 7) is 1.73. The molecule has 2 rings (SSSR count). The maximum atomic E-state index is 12.1. The van der Waals surface area contributed by atoms with Crippen LogP contribution in [0.15, 0.2) is 18.2 Å². The van der Waals surface area contributed by atoms with Crippen LogP contribution in [0.3, 0.4) is 0 Å². The van der Waals surface area contributed by atoms with Crippen LogP contribution in [0.25, 0.3) is 0 Å². The maximum absolute atomic E-state index is 12.1. The molecule has 0 radical (unpaired) electrons. The molecule has 1 aromatic carbocycles. The summed E-state index contributed by atoms with van der Waals surface area (Å²) in [4.78, 5) is 12.1. The van der Waals surface area contributed by atoms with Gasteiger partial charge in [-0.1, -0.05) is 12.8 Å². The lowest BCUT2D eigenvalue weighted by atomic mass is 10.2. The van der Waals surface area contributed by atoms with Crippen molar-refractivity contribution in [1.82, 2.24) is 5.32 Å². The Kier molecular flexibility index (Phi) is 4.71. The van der Waals surface area contributed by atoms with Gasteiger partial charge in [0.2, 0.25) is 0 Å². The van der Waals surface area contributed by atoms with Crippen LogP contribution in [-0.2, 0) is 4.79 Å². The van der Waals surface area contributed by atoms with Crippen molar-refractivity contribution in [3.05, 3.63) is 18.2 Å². The molecule has 5 heteroatoms. The Morgan fingerprint density at radius 2 is 2.10 bits per heavy atom. The van der Waals surface area contributed by atoms with Crippen molar-refractivity contribution in [2.75, 3.05) is 12.8 Å². The van der Waals surface area contributed by atoms with Crippen molar-refractivity contribution in [3.63, 3.8) is 0 Å². The number of benzene rings is 1. The van der Waals surface area contributed by atoms with E-state index >= 15 is 0 Å². The summed E-state index contributed by atoms with van der Waals surface area (Å²) in [6.07, 6.45) is 3.90. The van der Waals surface area contributed by atoms with E-state index < -0.39 is 6.10 Å². The molecule has 110 valence electrons. The smallest absolute Gasteiger partial charge is 0.260 e. The van der Waals surface area contributed by atoms with Crippen molar-refractivity contribution >= 4 is 11.6 Å². The summed E-state index contributed by atoms with van der Waals surface area (Å²) in [5.41, 5.74) is 6.34. The molecule has 0 heterocycles. The van der Waals surface area contributed by atoms with Gasteiger partial charge in [-0.3, -0.25) is 4.79 Å². The number of hydrogen-bond donors (Lipinski definition) is 2. The van der Waals surface area contributed by atoms with Crippen molar-refractivity contribution in [2.24, 2.45) is 0 Å². The van der Waals surface area contributed by atoms with Gasteiger partial charge < -0.3 is 20.5 Å². The van der Waals surface area contributed by atoms with Crippen molar-refractivity contribution in [1.29, 1.82) is 0 Å². The van der Waals surface area contributed by atoms with E-state index in [1.807, 2.05) is 0 Å². The second-order valence-corrected chi connectivity index (χ2v) is 5.15. The standard InChI is InChI=1S/C15H22N2O3/c1-10(15(18)17-11-5-3-4-6-11)20-14-9-12(19-2)7-8-13(14)16/h7-11H,3-6,16H2,1-2H3,(H,17,18). The third kappa shape index (κ3) is 3.56. The van der Waals surface area contributed by atoms with Gasteiger partial charge in [-0.25, -0.2) is 0 Å². The van der Waals surface area contributed by atoms with Crippen LogP contribution in [0.4, 0.5) is 5.69 Å². The van der Waals surface area contributed by atoms with E-state index in [2.05, 4.69) is 5.32 Å². The normalized spacial score (nSPS) is 16.7. The van der Waals surface area contributed by atoms with Gasteiger partial charge in [0.15, 0.2) is 6.10 Å². The van der Waals surface area contributed by atoms with Gasteiger partial charge in [0.05, 0.1) is 12.8 Å². The zero-order valence-corrected chi connectivity index (χ0v) is 12.0. The van der Waals surface area contributed by atoms with Crippen molar-refractivity contribution < 1.29 is 14.3 Å². The minimum Gasteiger partial charge on any atom is -0.497 e. The lowest BCUT2D eigenvalue weighted by Gasteiger charge is -2.19. The number of nitrogens with two attached hydrogens (primary N) is 1. The van der Waals surface area contributed by atoms with Crippen LogP contribution >= 0.6 is 0 Å². The Morgan fingerprint density at radius 3 is 2.75 bits per heavy atom. The lowest BCUT2D eigenvalue weighted by Crippen LogP contribution is -2.41. The first-order chi connectivity index (χ1) is 9.60. The molecule has 1 aliphatic rings. The number of hydrogen-bond acceptors (Lipinski definition) is 4. The third-order valence-electron chi connectivity index (χ3n) is 3.60. The fourth-order valence-corrected chi connectivity index (χ4v) is 2.38. The molecule has 1 atom stereocenters. The minimum atomic E-state index is -0.579. The Bertz CT molecular complexity index is 470. The number of methoxy groups -OCH3 is 1. The number of carbonyl (C=O) groups is 1. The highest BCUT2D eigenvalue weighted by Gasteiger charge is 2.22. The molecule has 0 saturated heterocycles. The molecule has 0 aliphatic heterocycles. The summed E-state index contributed by atoms with van der Waals surface area (Å²) in [7, 11) is 1.57. The third-order valence-corrected chi connectivity index (χ3v) is 3.60. The van der Waals surface area contributed by atoms with Crippen LogP contribution < -0.4 is 20.5 Å². The van der Waals surface area contributed by atoms with Gasteiger partial charge >= 0.3 is 0 Å². The molecular weight excluding hydrogens is 256 g/mol. The number of amides is 1. The molecule has 1 aromatic rings. The van der Waals surface area contributed by atoms with Gasteiger partial charge in [-0.15, -0.1) is 0 Å². The fraction of sp³-hybridized carbons (Fsp3) is 0.533. The predicted molar refractivity (Wildman–Crippen MR) is 77.9 cm³/mol. The van der Waals surface area contributed by atoms with Crippen molar-refractivity contribution in [2.45, 2.75) is 44.8 Å². The summed E-state index contributed by atoms with van der Waals surface area (Å²) in [5.74, 6) is 1.02. The highest BCUT2D eigenvalue weighted by Crippen LogP contribution is 2.27. The van der Waals surface area contributed by atoms with Gasteiger partial charge in [0.1, 0.15) is 11.5 Å². The molecule has 3 N–H and O–H groups in total. The number of carbonyl (C=O) groups excluding carboxylic acids is 1. The zero-order chi connectivity index (χ0) is 14.5. The highest BCUT2D eigenvalue weighted by atomic mass is 16.5. The Hall–Kier alpha value is -1.91. The Labute approximate surface area is 119 Å². The first-order valence-electron chi connectivity index (χ1n) is 7.00. The molecule has 1 unspecified atom stereocenters. The first-order valence-corrected chi connectivity index (χ1v) is 7.00. The number of nitrogens with one attached hydrogen (secondary N) is 1. The molecule has 1 fully saturated rings. The van der Waals surface area contributed by atoms with Crippen LogP contribution in [-0.4, -0.2) is 25.2 Å². The van der Waals surface area contributed by atoms with E-state index in [0.717, 1.165) is 12.8 Å². The lowest BCUT2D eigenvalue weighted by molar-refractivity contribution is -0.127. The molecule has 0 bridgehead atoms. The molecule has 1 saturated carbocycles. The second kappa shape index (κ2) is 6.50. The number of ether oxygens (including phenoxy) is 2. The van der Waals surface area contributed by atoms with E-state index in [4.69, 9.17) is 15.2 Å². The minimum absolute atomic E-state index is 0.0980. The van der Waals surface area contributed by atoms with Gasteiger partial charge in [0, 0.05) is 12.1 Å². The van der Waals surface area contributed by atoms with E-state index in [0.29, 0.717) is 17.2 Å². The molecule has 5 nitrogen and oxygen atoms in total. The zero-order valence-electron chi connectivity index (χ0n) is 12.0. The summed E-state index contributed by atoms with van der Waals surface area (Å²) < 4.78 is 10.8. The van der Waals surface area contributed by atoms with Crippen molar-refractivity contribution in [3.8, 4) is 11.5 Å². The molecule has 0 aromatic heterocycles. The largest absolute Gasteiger partial charge is 0.497 e. The molecule has 1 amide bonds. The molecule has 1 aliphatic carbocycles. The van der Waals surface area contributed by atoms with Gasteiger partial charge in [-0.2, -0.15) is 0 Å².